The molecule has 0 fully saturated rings. The molecule has 0 saturated heterocycles. The van der Waals surface area contributed by atoms with Crippen molar-refractivity contribution in [2.75, 3.05) is 16.0 Å². The average Bonchev–Trinajstić information content (AvgIpc) is 3.36. The van der Waals surface area contributed by atoms with Crippen molar-refractivity contribution in [3.05, 3.63) is 88.4 Å². The van der Waals surface area contributed by atoms with Crippen molar-refractivity contribution in [2.45, 2.75) is 36.9 Å². The van der Waals surface area contributed by atoms with Gasteiger partial charge in [-0.15, -0.1) is 10.2 Å². The van der Waals surface area contributed by atoms with Crippen molar-refractivity contribution in [3.8, 4) is 6.07 Å². The van der Waals surface area contributed by atoms with Crippen molar-refractivity contribution in [2.24, 2.45) is 11.1 Å². The fourth-order valence-electron chi connectivity index (χ4n) is 4.96. The summed E-state index contributed by atoms with van der Waals surface area (Å²) in [4.78, 5) is 27.6. The number of hydrogen-bond donors (Lipinski definition) is 2. The number of carbonyl (C=O) groups is 2. The summed E-state index contributed by atoms with van der Waals surface area (Å²) in [7, 11) is 0. The van der Waals surface area contributed by atoms with Gasteiger partial charge in [-0.25, -0.2) is 8.78 Å². The third kappa shape index (κ3) is 5.35. The van der Waals surface area contributed by atoms with Gasteiger partial charge in [0.1, 0.15) is 17.5 Å². The molecule has 0 saturated carbocycles. The summed E-state index contributed by atoms with van der Waals surface area (Å²) < 4.78 is 27.4. The van der Waals surface area contributed by atoms with Gasteiger partial charge in [0.25, 0.3) is 0 Å². The molecule has 0 spiro atoms. The third-order valence-electron chi connectivity index (χ3n) is 6.63. The maximum Gasteiger partial charge on any atom is 0.234 e. The molecule has 1 aromatic heterocycles. The summed E-state index contributed by atoms with van der Waals surface area (Å²) in [6.07, 6.45) is 0.868. The van der Waals surface area contributed by atoms with E-state index in [0.717, 1.165) is 40.8 Å². The number of ketones is 1. The number of nitrogens with two attached hydrogens (primary N) is 1. The van der Waals surface area contributed by atoms with Crippen molar-refractivity contribution >= 4 is 45.6 Å². The van der Waals surface area contributed by atoms with Gasteiger partial charge in [-0.1, -0.05) is 67.3 Å². The zero-order valence-electron chi connectivity index (χ0n) is 21.6. The summed E-state index contributed by atoms with van der Waals surface area (Å²) in [6.45, 7) is 4.02. The Labute approximate surface area is 237 Å². The van der Waals surface area contributed by atoms with Gasteiger partial charge >= 0.3 is 0 Å². The Balaban J connectivity index is 1.44. The summed E-state index contributed by atoms with van der Waals surface area (Å²) in [5.41, 5.74) is 8.43. The van der Waals surface area contributed by atoms with Crippen LogP contribution in [0.15, 0.2) is 75.5 Å². The number of amides is 1. The predicted molar refractivity (Wildman–Crippen MR) is 149 cm³/mol. The van der Waals surface area contributed by atoms with E-state index in [9.17, 15) is 23.6 Å². The molecule has 1 aliphatic carbocycles. The van der Waals surface area contributed by atoms with E-state index < -0.39 is 23.5 Å². The van der Waals surface area contributed by atoms with Crippen molar-refractivity contribution in [1.82, 2.24) is 10.2 Å². The predicted octanol–water partition coefficient (Wildman–Crippen LogP) is 5.49. The normalized spacial score (nSPS) is 18.4. The molecule has 2 aromatic carbocycles. The maximum atomic E-state index is 13.9. The minimum absolute atomic E-state index is 0.0471. The van der Waals surface area contributed by atoms with E-state index >= 15 is 0 Å². The number of nitriles is 1. The van der Waals surface area contributed by atoms with Gasteiger partial charge < -0.3 is 11.1 Å². The molecule has 204 valence electrons. The van der Waals surface area contributed by atoms with Gasteiger partial charge in [-0.3, -0.25) is 14.5 Å². The fourth-order valence-corrected chi connectivity index (χ4v) is 6.64. The first-order valence-corrected chi connectivity index (χ1v) is 14.1. The Kier molecular flexibility index (Phi) is 7.44. The van der Waals surface area contributed by atoms with Crippen molar-refractivity contribution in [3.63, 3.8) is 0 Å². The highest BCUT2D eigenvalue weighted by molar-refractivity contribution is 8.01. The van der Waals surface area contributed by atoms with Gasteiger partial charge in [0.05, 0.1) is 29.0 Å². The number of allylic oxidation sites excluding steroid dienone is 3. The molecule has 1 aliphatic heterocycles. The SMILES string of the molecule is CC1(C)CC(=O)C2=C(C1)N(c1nnc(SCC(=O)Nc3ccc(F)cc3F)s1)C(N)=C(C#N)C2c1ccccc1. The molecule has 3 aromatic rings. The molecule has 12 heteroatoms. The van der Waals surface area contributed by atoms with E-state index in [1.165, 1.54) is 0 Å². The first-order chi connectivity index (χ1) is 19.1. The van der Waals surface area contributed by atoms with Crippen LogP contribution in [0.2, 0.25) is 0 Å². The Bertz CT molecular complexity index is 1610. The highest BCUT2D eigenvalue weighted by Gasteiger charge is 2.45. The summed E-state index contributed by atoms with van der Waals surface area (Å²) in [5.74, 6) is -2.68. The second-order valence-electron chi connectivity index (χ2n) is 10.2. The Morgan fingerprint density at radius 2 is 1.98 bits per heavy atom. The molecule has 1 atom stereocenters. The van der Waals surface area contributed by atoms with E-state index in [4.69, 9.17) is 5.73 Å². The van der Waals surface area contributed by atoms with E-state index in [2.05, 4.69) is 21.6 Å². The number of nitrogens with one attached hydrogen (secondary N) is 1. The third-order valence-corrected chi connectivity index (χ3v) is 8.67. The van der Waals surface area contributed by atoms with Crippen LogP contribution in [0.25, 0.3) is 0 Å². The number of aromatic nitrogens is 2. The zero-order chi connectivity index (χ0) is 28.6. The average molecular weight is 579 g/mol. The van der Waals surface area contributed by atoms with Crippen molar-refractivity contribution in [1.29, 1.82) is 5.26 Å². The lowest BCUT2D eigenvalue weighted by atomic mass is 9.69. The number of Topliss-reactive ketones (excluding diaryl/α,β-unsaturated/α-hetero) is 1. The molecule has 0 radical (unpaired) electrons. The number of rotatable bonds is 6. The molecular weight excluding hydrogens is 554 g/mol. The molecule has 1 unspecified atom stereocenters. The molecule has 1 amide bonds. The summed E-state index contributed by atoms with van der Waals surface area (Å²) in [5, 5.41) is 21.4. The van der Waals surface area contributed by atoms with Crippen molar-refractivity contribution < 1.29 is 18.4 Å². The van der Waals surface area contributed by atoms with E-state index in [-0.39, 0.29) is 34.0 Å². The quantitative estimate of drug-likeness (QED) is 0.368. The first-order valence-electron chi connectivity index (χ1n) is 12.3. The monoisotopic (exact) mass is 578 g/mol. The fraction of sp³-hybridized carbons (Fsp3) is 0.250. The first kappa shape index (κ1) is 27.5. The number of benzene rings is 2. The van der Waals surface area contributed by atoms with Crippen LogP contribution in [-0.4, -0.2) is 27.6 Å². The van der Waals surface area contributed by atoms with Gasteiger partial charge in [-0.2, -0.15) is 5.26 Å². The number of anilines is 2. The number of carbonyl (C=O) groups excluding carboxylic acids is 2. The van der Waals surface area contributed by atoms with Crippen LogP contribution in [0, 0.1) is 28.4 Å². The van der Waals surface area contributed by atoms with Gasteiger partial charge in [0, 0.05) is 23.8 Å². The second-order valence-corrected chi connectivity index (χ2v) is 12.4. The molecule has 2 aliphatic rings. The number of hydrogen-bond acceptors (Lipinski definition) is 9. The van der Waals surface area contributed by atoms with Gasteiger partial charge in [0.2, 0.25) is 11.0 Å². The van der Waals surface area contributed by atoms with Crippen LogP contribution in [0.5, 0.6) is 0 Å². The molecular formula is C28H24F2N6O2S2. The van der Waals surface area contributed by atoms with Gasteiger partial charge in [-0.05, 0) is 29.5 Å². The Hall–Kier alpha value is -4.08. The molecule has 8 nitrogen and oxygen atoms in total. The topological polar surface area (TPSA) is 125 Å². The molecule has 0 bridgehead atoms. The Morgan fingerprint density at radius 3 is 2.67 bits per heavy atom. The van der Waals surface area contributed by atoms with E-state index in [0.29, 0.717) is 39.6 Å². The lowest BCUT2D eigenvalue weighted by Gasteiger charge is -2.42. The maximum absolute atomic E-state index is 13.9. The molecule has 40 heavy (non-hydrogen) atoms. The van der Waals surface area contributed by atoms with Crippen LogP contribution in [0.3, 0.4) is 0 Å². The van der Waals surface area contributed by atoms with E-state index in [1.807, 2.05) is 44.2 Å². The van der Waals surface area contributed by atoms with Gasteiger partial charge in [0.15, 0.2) is 10.1 Å². The minimum Gasteiger partial charge on any atom is -0.384 e. The van der Waals surface area contributed by atoms with E-state index in [1.54, 1.807) is 4.90 Å². The van der Waals surface area contributed by atoms with Crippen LogP contribution in [0.4, 0.5) is 19.6 Å². The standard InChI is InChI=1S/C28H24F2N6O2S2/c1-28(2)11-20-24(21(37)12-28)23(15-6-4-3-5-7-15)17(13-31)25(32)36(20)26-34-35-27(40-26)39-14-22(38)33-19-9-8-16(29)10-18(19)30/h3-10,23H,11-12,14,32H2,1-2H3,(H,33,38). The van der Waals surface area contributed by atoms with Crippen LogP contribution >= 0.6 is 23.1 Å². The summed E-state index contributed by atoms with van der Waals surface area (Å²) >= 11 is 2.24. The molecule has 3 N–H and O–H groups in total. The largest absolute Gasteiger partial charge is 0.384 e. The Morgan fingerprint density at radius 1 is 1.23 bits per heavy atom. The molecule has 2 heterocycles. The van der Waals surface area contributed by atoms with Crippen LogP contribution < -0.4 is 16.0 Å². The smallest absolute Gasteiger partial charge is 0.234 e. The summed E-state index contributed by atoms with van der Waals surface area (Å²) in [6, 6.07) is 14.5. The number of thioether (sulfide) groups is 1. The lowest BCUT2D eigenvalue weighted by molar-refractivity contribution is -0.118. The number of nitrogens with zero attached hydrogens (tertiary/aromatic N) is 4. The molecule has 5 rings (SSSR count). The second kappa shape index (κ2) is 10.8. The highest BCUT2D eigenvalue weighted by atomic mass is 32.2. The highest BCUT2D eigenvalue weighted by Crippen LogP contribution is 2.50. The van der Waals surface area contributed by atoms with Crippen LogP contribution in [-0.2, 0) is 9.59 Å². The number of halogens is 2. The zero-order valence-corrected chi connectivity index (χ0v) is 23.2. The lowest BCUT2D eigenvalue weighted by Crippen LogP contribution is -2.42. The minimum atomic E-state index is -0.875. The van der Waals surface area contributed by atoms with Crippen LogP contribution in [0.1, 0.15) is 38.2 Å².